The molecule has 0 aromatic heterocycles. The average molecular weight is 328 g/mol. The molecule has 19 heavy (non-hydrogen) atoms. The summed E-state index contributed by atoms with van der Waals surface area (Å²) in [4.78, 5) is 16.1. The van der Waals surface area contributed by atoms with Crippen molar-refractivity contribution < 1.29 is 9.18 Å². The zero-order valence-electron chi connectivity index (χ0n) is 10.9. The Balaban J connectivity index is 2.30. The highest BCUT2D eigenvalue weighted by Gasteiger charge is 2.31. The second-order valence-corrected chi connectivity index (χ2v) is 6.33. The number of aliphatic imine (C=N–C) groups is 1. The van der Waals surface area contributed by atoms with Gasteiger partial charge in [0.15, 0.2) is 12.0 Å². The van der Waals surface area contributed by atoms with E-state index >= 15 is 0 Å². The van der Waals surface area contributed by atoms with Crippen LogP contribution in [0.1, 0.15) is 32.4 Å². The van der Waals surface area contributed by atoms with E-state index in [0.29, 0.717) is 10.4 Å². The molecule has 0 saturated heterocycles. The third-order valence-electron chi connectivity index (χ3n) is 2.49. The standard InChI is InChI=1S/C13H15BrFN3O/c1-13(2,3)18-12-16-10(11(19)17-12)8-6-7(14)4-5-9(8)15/h4-6,10H,1-3H3,(H2,16,17,18,19). The SMILES string of the molecule is CC(C)(C)NC1=NC(c2cc(Br)ccc2F)C(=O)N1. The normalized spacial score (nSPS) is 19.1. The molecule has 1 aliphatic heterocycles. The summed E-state index contributed by atoms with van der Waals surface area (Å²) in [5.74, 6) is -0.394. The predicted molar refractivity (Wildman–Crippen MR) is 75.3 cm³/mol. The molecule has 2 N–H and O–H groups in total. The summed E-state index contributed by atoms with van der Waals surface area (Å²) < 4.78 is 14.5. The molecule has 1 unspecified atom stereocenters. The van der Waals surface area contributed by atoms with Crippen LogP contribution in [0, 0.1) is 5.82 Å². The van der Waals surface area contributed by atoms with Crippen LogP contribution in [0.15, 0.2) is 27.7 Å². The van der Waals surface area contributed by atoms with E-state index < -0.39 is 11.9 Å². The Kier molecular flexibility index (Phi) is 3.62. The molecule has 1 aromatic rings. The van der Waals surface area contributed by atoms with Gasteiger partial charge in [0, 0.05) is 15.6 Å². The van der Waals surface area contributed by atoms with Crippen LogP contribution < -0.4 is 10.6 Å². The number of amides is 1. The Morgan fingerprint density at radius 3 is 2.74 bits per heavy atom. The zero-order valence-corrected chi connectivity index (χ0v) is 12.5. The molecule has 1 amide bonds. The number of carbonyl (C=O) groups excluding carboxylic acids is 1. The minimum atomic E-state index is -0.845. The van der Waals surface area contributed by atoms with Crippen LogP contribution in [0.25, 0.3) is 0 Å². The van der Waals surface area contributed by atoms with Gasteiger partial charge in [0.05, 0.1) is 0 Å². The Bertz CT molecular complexity index is 551. The Morgan fingerprint density at radius 1 is 1.42 bits per heavy atom. The van der Waals surface area contributed by atoms with E-state index in [1.165, 1.54) is 6.07 Å². The van der Waals surface area contributed by atoms with Crippen molar-refractivity contribution in [2.24, 2.45) is 4.99 Å². The molecule has 0 spiro atoms. The summed E-state index contributed by atoms with van der Waals surface area (Å²) >= 11 is 3.26. The van der Waals surface area contributed by atoms with Crippen molar-refractivity contribution in [1.82, 2.24) is 10.6 Å². The molecular formula is C13H15BrFN3O. The number of hydrogen-bond acceptors (Lipinski definition) is 3. The second kappa shape index (κ2) is 4.92. The van der Waals surface area contributed by atoms with Gasteiger partial charge in [-0.3, -0.25) is 10.1 Å². The van der Waals surface area contributed by atoms with Gasteiger partial charge in [-0.15, -0.1) is 0 Å². The van der Waals surface area contributed by atoms with E-state index in [1.54, 1.807) is 12.1 Å². The molecular weight excluding hydrogens is 313 g/mol. The predicted octanol–water partition coefficient (Wildman–Crippen LogP) is 2.50. The van der Waals surface area contributed by atoms with Gasteiger partial charge in [0.2, 0.25) is 0 Å². The lowest BCUT2D eigenvalue weighted by molar-refractivity contribution is -0.120. The molecule has 1 aromatic carbocycles. The Morgan fingerprint density at radius 2 is 2.11 bits per heavy atom. The van der Waals surface area contributed by atoms with E-state index in [-0.39, 0.29) is 17.0 Å². The van der Waals surface area contributed by atoms with E-state index in [0.717, 1.165) is 0 Å². The van der Waals surface area contributed by atoms with Crippen LogP contribution in [0.5, 0.6) is 0 Å². The maximum Gasteiger partial charge on any atom is 0.256 e. The number of carbonyl (C=O) groups is 1. The molecule has 0 saturated carbocycles. The van der Waals surface area contributed by atoms with Gasteiger partial charge in [0.1, 0.15) is 5.82 Å². The number of guanidine groups is 1. The summed E-state index contributed by atoms with van der Waals surface area (Å²) in [6.07, 6.45) is 0. The van der Waals surface area contributed by atoms with Crippen LogP contribution in [0.3, 0.4) is 0 Å². The Labute approximate surface area is 119 Å². The van der Waals surface area contributed by atoms with Gasteiger partial charge in [-0.25, -0.2) is 9.38 Å². The molecule has 1 aliphatic rings. The van der Waals surface area contributed by atoms with Crippen molar-refractivity contribution in [2.45, 2.75) is 32.4 Å². The van der Waals surface area contributed by atoms with E-state index in [2.05, 4.69) is 31.6 Å². The number of hydrogen-bond donors (Lipinski definition) is 2. The monoisotopic (exact) mass is 327 g/mol. The van der Waals surface area contributed by atoms with Crippen molar-refractivity contribution >= 4 is 27.8 Å². The third-order valence-corrected chi connectivity index (χ3v) is 2.99. The third kappa shape index (κ3) is 3.32. The first-order valence-corrected chi connectivity index (χ1v) is 6.67. The van der Waals surface area contributed by atoms with Crippen molar-refractivity contribution in [1.29, 1.82) is 0 Å². The summed E-state index contributed by atoms with van der Waals surface area (Å²) in [6.45, 7) is 5.86. The molecule has 102 valence electrons. The number of nitrogens with zero attached hydrogens (tertiary/aromatic N) is 1. The zero-order chi connectivity index (χ0) is 14.2. The summed E-state index contributed by atoms with van der Waals surface area (Å²) in [7, 11) is 0. The Hall–Kier alpha value is -1.43. The lowest BCUT2D eigenvalue weighted by Gasteiger charge is -2.21. The maximum absolute atomic E-state index is 13.8. The highest BCUT2D eigenvalue weighted by atomic mass is 79.9. The largest absolute Gasteiger partial charge is 0.351 e. The molecule has 1 heterocycles. The van der Waals surface area contributed by atoms with Gasteiger partial charge in [-0.1, -0.05) is 15.9 Å². The lowest BCUT2D eigenvalue weighted by Crippen LogP contribution is -2.46. The van der Waals surface area contributed by atoms with Gasteiger partial charge in [0.25, 0.3) is 5.91 Å². The second-order valence-electron chi connectivity index (χ2n) is 5.41. The molecule has 0 fully saturated rings. The minimum absolute atomic E-state index is 0.225. The lowest BCUT2D eigenvalue weighted by atomic mass is 10.1. The van der Waals surface area contributed by atoms with Crippen LogP contribution >= 0.6 is 15.9 Å². The van der Waals surface area contributed by atoms with Crippen LogP contribution in [0.2, 0.25) is 0 Å². The topological polar surface area (TPSA) is 53.5 Å². The first-order chi connectivity index (χ1) is 8.76. The first kappa shape index (κ1) is 14.0. The van der Waals surface area contributed by atoms with Gasteiger partial charge in [-0.2, -0.15) is 0 Å². The molecule has 6 heteroatoms. The molecule has 4 nitrogen and oxygen atoms in total. The molecule has 0 radical (unpaired) electrons. The van der Waals surface area contributed by atoms with Crippen molar-refractivity contribution in [3.05, 3.63) is 34.1 Å². The molecule has 0 bridgehead atoms. The molecule has 2 rings (SSSR count). The van der Waals surface area contributed by atoms with Crippen LogP contribution in [-0.2, 0) is 4.79 Å². The number of nitrogens with one attached hydrogen (secondary N) is 2. The van der Waals surface area contributed by atoms with Crippen molar-refractivity contribution in [3.8, 4) is 0 Å². The van der Waals surface area contributed by atoms with E-state index in [4.69, 9.17) is 0 Å². The minimum Gasteiger partial charge on any atom is -0.351 e. The summed E-state index contributed by atoms with van der Waals surface area (Å²) in [6, 6.07) is 3.63. The summed E-state index contributed by atoms with van der Waals surface area (Å²) in [5, 5.41) is 5.69. The molecule has 1 atom stereocenters. The smallest absolute Gasteiger partial charge is 0.256 e. The quantitative estimate of drug-likeness (QED) is 0.832. The number of benzene rings is 1. The average Bonchev–Trinajstić information content (AvgIpc) is 2.60. The molecule has 0 aliphatic carbocycles. The fourth-order valence-electron chi connectivity index (χ4n) is 1.76. The van der Waals surface area contributed by atoms with Crippen molar-refractivity contribution in [3.63, 3.8) is 0 Å². The number of rotatable bonds is 1. The van der Waals surface area contributed by atoms with Gasteiger partial charge < -0.3 is 5.32 Å². The van der Waals surface area contributed by atoms with Crippen molar-refractivity contribution in [2.75, 3.05) is 0 Å². The van der Waals surface area contributed by atoms with Crippen LogP contribution in [-0.4, -0.2) is 17.4 Å². The van der Waals surface area contributed by atoms with Gasteiger partial charge >= 0.3 is 0 Å². The van der Waals surface area contributed by atoms with Gasteiger partial charge in [-0.05, 0) is 39.0 Å². The fourth-order valence-corrected chi connectivity index (χ4v) is 2.14. The van der Waals surface area contributed by atoms with E-state index in [1.807, 2.05) is 20.8 Å². The van der Waals surface area contributed by atoms with E-state index in [9.17, 15) is 9.18 Å². The summed E-state index contributed by atoms with van der Waals surface area (Å²) in [5.41, 5.74) is 0.0363. The fraction of sp³-hybridized carbons (Fsp3) is 0.385. The highest BCUT2D eigenvalue weighted by Crippen LogP contribution is 2.26. The first-order valence-electron chi connectivity index (χ1n) is 5.88. The van der Waals surface area contributed by atoms with Crippen LogP contribution in [0.4, 0.5) is 4.39 Å². The maximum atomic E-state index is 13.8. The number of halogens is 2. The highest BCUT2D eigenvalue weighted by molar-refractivity contribution is 9.10.